The van der Waals surface area contributed by atoms with Gasteiger partial charge in [0.25, 0.3) is 0 Å². The minimum absolute atomic E-state index is 0.329. The average molecular weight is 284 g/mol. The van der Waals surface area contributed by atoms with Gasteiger partial charge in [-0.3, -0.25) is 0 Å². The van der Waals surface area contributed by atoms with Crippen LogP contribution in [0.15, 0.2) is 11.4 Å². The summed E-state index contributed by atoms with van der Waals surface area (Å²) in [5, 5.41) is 3.46. The summed E-state index contributed by atoms with van der Waals surface area (Å²) in [6, 6.07) is 2.06. The smallest absolute Gasteiger partial charge is 0.225 e. The highest BCUT2D eigenvalue weighted by molar-refractivity contribution is 7.16. The van der Waals surface area contributed by atoms with Crippen LogP contribution in [-0.2, 0) is 4.74 Å². The lowest BCUT2D eigenvalue weighted by Gasteiger charge is -2.18. The molecule has 0 saturated carbocycles. The number of hydrogen-bond donors (Lipinski definition) is 0. The fraction of sp³-hybridized carbons (Fsp3) is 0.500. The van der Waals surface area contributed by atoms with Crippen molar-refractivity contribution in [2.45, 2.75) is 6.42 Å². The molecule has 1 unspecified atom stereocenters. The SMILES string of the molecule is COCC1CCN(c2nc(Cl)nc3sccc23)C1. The van der Waals surface area contributed by atoms with E-state index in [1.54, 1.807) is 18.4 Å². The molecular formula is C12H14ClN3OS. The van der Waals surface area contributed by atoms with Crippen molar-refractivity contribution in [1.29, 1.82) is 0 Å². The molecule has 1 aliphatic rings. The summed E-state index contributed by atoms with van der Waals surface area (Å²) in [4.78, 5) is 11.9. The van der Waals surface area contributed by atoms with E-state index in [9.17, 15) is 0 Å². The zero-order valence-corrected chi connectivity index (χ0v) is 11.7. The Balaban J connectivity index is 1.92. The van der Waals surface area contributed by atoms with E-state index in [-0.39, 0.29) is 0 Å². The van der Waals surface area contributed by atoms with Crippen molar-refractivity contribution in [3.05, 3.63) is 16.7 Å². The lowest BCUT2D eigenvalue weighted by molar-refractivity contribution is 0.161. The van der Waals surface area contributed by atoms with Gasteiger partial charge in [0.15, 0.2) is 0 Å². The minimum Gasteiger partial charge on any atom is -0.384 e. The molecule has 0 bridgehead atoms. The van der Waals surface area contributed by atoms with Crippen LogP contribution in [0.4, 0.5) is 5.82 Å². The van der Waals surface area contributed by atoms with E-state index in [1.807, 2.05) is 5.38 Å². The molecule has 0 amide bonds. The summed E-state index contributed by atoms with van der Waals surface area (Å²) < 4.78 is 5.22. The summed E-state index contributed by atoms with van der Waals surface area (Å²) in [7, 11) is 1.75. The molecule has 1 saturated heterocycles. The van der Waals surface area contributed by atoms with Gasteiger partial charge in [-0.05, 0) is 29.5 Å². The number of rotatable bonds is 3. The molecule has 0 spiro atoms. The second-order valence-electron chi connectivity index (χ2n) is 4.51. The Labute approximate surface area is 115 Å². The Kier molecular flexibility index (Phi) is 3.37. The Bertz CT molecular complexity index is 559. The third-order valence-electron chi connectivity index (χ3n) is 3.27. The number of anilines is 1. The highest BCUT2D eigenvalue weighted by atomic mass is 35.5. The van der Waals surface area contributed by atoms with Gasteiger partial charge in [-0.2, -0.15) is 4.98 Å². The summed E-state index contributed by atoms with van der Waals surface area (Å²) >= 11 is 7.59. The first-order valence-electron chi connectivity index (χ1n) is 5.92. The standard InChI is InChI=1S/C12H14ClN3OS/c1-17-7-8-2-4-16(6-8)10-9-3-5-18-11(9)15-12(13)14-10/h3,5,8H,2,4,6-7H2,1H3. The van der Waals surface area contributed by atoms with Crippen LogP contribution in [-0.4, -0.2) is 36.8 Å². The summed E-state index contributed by atoms with van der Waals surface area (Å²) in [6.45, 7) is 2.79. The van der Waals surface area contributed by atoms with Gasteiger partial charge in [-0.1, -0.05) is 0 Å². The maximum Gasteiger partial charge on any atom is 0.225 e. The number of hydrogen-bond acceptors (Lipinski definition) is 5. The van der Waals surface area contributed by atoms with Gasteiger partial charge in [-0.15, -0.1) is 11.3 Å². The third kappa shape index (κ3) is 2.18. The maximum absolute atomic E-state index is 5.99. The Hall–Kier alpha value is -0.910. The first-order valence-corrected chi connectivity index (χ1v) is 7.18. The first-order chi connectivity index (χ1) is 8.78. The normalized spacial score (nSPS) is 19.9. The number of ether oxygens (including phenoxy) is 1. The van der Waals surface area contributed by atoms with Gasteiger partial charge in [0.1, 0.15) is 10.6 Å². The van der Waals surface area contributed by atoms with Gasteiger partial charge < -0.3 is 9.64 Å². The van der Waals surface area contributed by atoms with Gasteiger partial charge in [0.05, 0.1) is 12.0 Å². The molecule has 0 aliphatic carbocycles. The lowest BCUT2D eigenvalue weighted by atomic mass is 10.1. The molecule has 3 rings (SSSR count). The van der Waals surface area contributed by atoms with Crippen molar-refractivity contribution in [2.24, 2.45) is 5.92 Å². The number of nitrogens with zero attached hydrogens (tertiary/aromatic N) is 3. The second kappa shape index (κ2) is 4.99. The van der Waals surface area contributed by atoms with Gasteiger partial charge in [0.2, 0.25) is 5.28 Å². The second-order valence-corrected chi connectivity index (χ2v) is 5.74. The molecule has 0 radical (unpaired) electrons. The predicted molar refractivity (Wildman–Crippen MR) is 74.6 cm³/mol. The van der Waals surface area contributed by atoms with E-state index in [0.717, 1.165) is 42.2 Å². The Morgan fingerprint density at radius 2 is 2.44 bits per heavy atom. The highest BCUT2D eigenvalue weighted by Gasteiger charge is 2.25. The number of thiophene rings is 1. The molecule has 4 nitrogen and oxygen atoms in total. The monoisotopic (exact) mass is 283 g/mol. The molecule has 96 valence electrons. The summed E-state index contributed by atoms with van der Waals surface area (Å²) in [6.07, 6.45) is 1.14. The quantitative estimate of drug-likeness (QED) is 0.812. The number of halogens is 1. The molecule has 1 fully saturated rings. The molecule has 0 N–H and O–H groups in total. The average Bonchev–Trinajstić information content (AvgIpc) is 2.96. The van der Waals surface area contributed by atoms with Crippen LogP contribution in [0, 0.1) is 5.92 Å². The van der Waals surface area contributed by atoms with Crippen LogP contribution in [0.25, 0.3) is 10.2 Å². The van der Waals surface area contributed by atoms with E-state index in [0.29, 0.717) is 11.2 Å². The molecule has 6 heteroatoms. The predicted octanol–water partition coefficient (Wildman–Crippen LogP) is 2.82. The van der Waals surface area contributed by atoms with E-state index in [2.05, 4.69) is 20.9 Å². The molecule has 18 heavy (non-hydrogen) atoms. The van der Waals surface area contributed by atoms with Crippen molar-refractivity contribution >= 4 is 39.0 Å². The topological polar surface area (TPSA) is 38.2 Å². The van der Waals surface area contributed by atoms with Crippen molar-refractivity contribution < 1.29 is 4.74 Å². The Morgan fingerprint density at radius 1 is 1.56 bits per heavy atom. The van der Waals surface area contributed by atoms with Gasteiger partial charge in [0, 0.05) is 26.1 Å². The van der Waals surface area contributed by atoms with Crippen LogP contribution in [0.1, 0.15) is 6.42 Å². The van der Waals surface area contributed by atoms with Gasteiger partial charge in [-0.25, -0.2) is 4.98 Å². The van der Waals surface area contributed by atoms with Crippen LogP contribution >= 0.6 is 22.9 Å². The third-order valence-corrected chi connectivity index (χ3v) is 4.24. The van der Waals surface area contributed by atoms with Crippen molar-refractivity contribution in [3.63, 3.8) is 0 Å². The van der Waals surface area contributed by atoms with Crippen LogP contribution in [0.2, 0.25) is 5.28 Å². The van der Waals surface area contributed by atoms with Crippen molar-refractivity contribution in [3.8, 4) is 0 Å². The molecule has 2 aromatic heterocycles. The maximum atomic E-state index is 5.99. The fourth-order valence-electron chi connectivity index (χ4n) is 2.45. The van der Waals surface area contributed by atoms with Crippen LogP contribution < -0.4 is 4.90 Å². The molecule has 3 heterocycles. The largest absolute Gasteiger partial charge is 0.384 e. The van der Waals surface area contributed by atoms with E-state index < -0.39 is 0 Å². The minimum atomic E-state index is 0.329. The highest BCUT2D eigenvalue weighted by Crippen LogP contribution is 2.32. The van der Waals surface area contributed by atoms with E-state index in [4.69, 9.17) is 16.3 Å². The lowest BCUT2D eigenvalue weighted by Crippen LogP contribution is -2.22. The molecule has 0 aromatic carbocycles. The zero-order valence-electron chi connectivity index (χ0n) is 10.1. The number of methoxy groups -OCH3 is 1. The molecule has 1 aliphatic heterocycles. The summed E-state index contributed by atoms with van der Waals surface area (Å²) in [5.41, 5.74) is 0. The Morgan fingerprint density at radius 3 is 3.28 bits per heavy atom. The number of aromatic nitrogens is 2. The fourth-order valence-corrected chi connectivity index (χ4v) is 3.43. The summed E-state index contributed by atoms with van der Waals surface area (Å²) in [5.74, 6) is 1.54. The van der Waals surface area contributed by atoms with E-state index in [1.165, 1.54) is 0 Å². The van der Waals surface area contributed by atoms with Gasteiger partial charge >= 0.3 is 0 Å². The van der Waals surface area contributed by atoms with Crippen molar-refractivity contribution in [1.82, 2.24) is 9.97 Å². The number of fused-ring (bicyclic) bond motifs is 1. The van der Waals surface area contributed by atoms with E-state index >= 15 is 0 Å². The van der Waals surface area contributed by atoms with Crippen molar-refractivity contribution in [2.75, 3.05) is 31.7 Å². The van der Waals surface area contributed by atoms with Crippen LogP contribution in [0.3, 0.4) is 0 Å². The molecular weight excluding hydrogens is 270 g/mol. The molecule has 2 aromatic rings. The zero-order chi connectivity index (χ0) is 12.5. The van der Waals surface area contributed by atoms with Crippen LogP contribution in [0.5, 0.6) is 0 Å². The first kappa shape index (κ1) is 12.1. The molecule has 1 atom stereocenters.